The molecule has 2 atom stereocenters. The maximum Gasteiger partial charge on any atom is 0.164 e. The van der Waals surface area contributed by atoms with Gasteiger partial charge in [-0.25, -0.2) is 0 Å². The predicted molar refractivity (Wildman–Crippen MR) is 77.3 cm³/mol. The average molecular weight is 272 g/mol. The van der Waals surface area contributed by atoms with E-state index in [1.165, 1.54) is 0 Å². The van der Waals surface area contributed by atoms with E-state index in [0.29, 0.717) is 12.5 Å². The van der Waals surface area contributed by atoms with Crippen molar-refractivity contribution in [1.82, 2.24) is 14.8 Å². The van der Waals surface area contributed by atoms with Crippen LogP contribution in [0.3, 0.4) is 0 Å². The maximum absolute atomic E-state index is 6.16. The number of hydrogen-bond acceptors (Lipinski definition) is 4. The first kappa shape index (κ1) is 13.1. The number of nitrogens with two attached hydrogens (primary N) is 1. The molecule has 2 N–H and O–H groups in total. The van der Waals surface area contributed by atoms with E-state index in [1.807, 2.05) is 31.2 Å². The van der Waals surface area contributed by atoms with Crippen molar-refractivity contribution in [2.45, 2.75) is 32.9 Å². The standard InChI is InChI=1S/C15H20N4O/c1-3-20-12-6-4-5-11(8-12)14-17-18-15-13(16)7-10(2)9-19(14)15/h4-6,8,10,13H,3,7,9,16H2,1-2H3. The van der Waals surface area contributed by atoms with Crippen LogP contribution in [-0.4, -0.2) is 21.4 Å². The maximum atomic E-state index is 6.16. The van der Waals surface area contributed by atoms with Crippen LogP contribution in [0.15, 0.2) is 24.3 Å². The molecule has 0 fully saturated rings. The molecule has 3 rings (SSSR count). The van der Waals surface area contributed by atoms with Crippen LogP contribution in [0.4, 0.5) is 0 Å². The zero-order valence-electron chi connectivity index (χ0n) is 11.9. The first-order valence-electron chi connectivity index (χ1n) is 7.11. The molecule has 5 nitrogen and oxygen atoms in total. The quantitative estimate of drug-likeness (QED) is 0.931. The van der Waals surface area contributed by atoms with E-state index in [0.717, 1.165) is 35.9 Å². The van der Waals surface area contributed by atoms with Gasteiger partial charge in [0.2, 0.25) is 0 Å². The number of benzene rings is 1. The third-order valence-electron chi connectivity index (χ3n) is 3.66. The highest BCUT2D eigenvalue weighted by molar-refractivity contribution is 5.58. The van der Waals surface area contributed by atoms with Crippen LogP contribution in [-0.2, 0) is 6.54 Å². The van der Waals surface area contributed by atoms with Crippen molar-refractivity contribution in [3.63, 3.8) is 0 Å². The first-order valence-corrected chi connectivity index (χ1v) is 7.11. The van der Waals surface area contributed by atoms with Crippen molar-refractivity contribution in [2.24, 2.45) is 11.7 Å². The molecule has 1 aliphatic heterocycles. The van der Waals surface area contributed by atoms with E-state index in [-0.39, 0.29) is 6.04 Å². The van der Waals surface area contributed by atoms with Gasteiger partial charge >= 0.3 is 0 Å². The fraction of sp³-hybridized carbons (Fsp3) is 0.467. The van der Waals surface area contributed by atoms with Gasteiger partial charge in [-0.05, 0) is 31.4 Å². The van der Waals surface area contributed by atoms with Gasteiger partial charge in [-0.2, -0.15) is 0 Å². The Bertz CT molecular complexity index is 608. The molecule has 0 bridgehead atoms. The van der Waals surface area contributed by atoms with E-state index in [2.05, 4.69) is 21.7 Å². The lowest BCUT2D eigenvalue weighted by atomic mass is 9.97. The Kier molecular flexibility index (Phi) is 3.44. The second kappa shape index (κ2) is 5.25. The van der Waals surface area contributed by atoms with Crippen LogP contribution in [0.2, 0.25) is 0 Å². The smallest absolute Gasteiger partial charge is 0.164 e. The third kappa shape index (κ3) is 2.29. The molecule has 1 aromatic heterocycles. The van der Waals surface area contributed by atoms with E-state index in [4.69, 9.17) is 10.5 Å². The molecular weight excluding hydrogens is 252 g/mol. The fourth-order valence-corrected chi connectivity index (χ4v) is 2.80. The SMILES string of the molecule is CCOc1cccc(-c2nnc3n2CC(C)CC3N)c1. The van der Waals surface area contributed by atoms with Crippen molar-refractivity contribution in [3.8, 4) is 17.1 Å². The number of hydrogen-bond donors (Lipinski definition) is 1. The summed E-state index contributed by atoms with van der Waals surface area (Å²) in [5.74, 6) is 3.17. The van der Waals surface area contributed by atoms with Gasteiger partial charge in [0.1, 0.15) is 11.6 Å². The second-order valence-electron chi connectivity index (χ2n) is 5.40. The van der Waals surface area contributed by atoms with Crippen LogP contribution in [0.1, 0.15) is 32.1 Å². The van der Waals surface area contributed by atoms with Crippen molar-refractivity contribution < 1.29 is 4.74 Å². The number of rotatable bonds is 3. The number of ether oxygens (including phenoxy) is 1. The van der Waals surface area contributed by atoms with Crippen LogP contribution >= 0.6 is 0 Å². The number of aromatic nitrogens is 3. The Morgan fingerprint density at radius 1 is 1.40 bits per heavy atom. The summed E-state index contributed by atoms with van der Waals surface area (Å²) in [6.45, 7) is 5.77. The summed E-state index contributed by atoms with van der Waals surface area (Å²) in [6.07, 6.45) is 0.969. The molecule has 0 saturated heterocycles. The lowest BCUT2D eigenvalue weighted by Gasteiger charge is -2.25. The summed E-state index contributed by atoms with van der Waals surface area (Å²) in [6, 6.07) is 7.95. The molecule has 0 amide bonds. The second-order valence-corrected chi connectivity index (χ2v) is 5.40. The van der Waals surface area contributed by atoms with E-state index < -0.39 is 0 Å². The minimum atomic E-state index is -0.0184. The highest BCUT2D eigenvalue weighted by Gasteiger charge is 2.26. The van der Waals surface area contributed by atoms with E-state index >= 15 is 0 Å². The molecule has 0 radical (unpaired) electrons. The lowest BCUT2D eigenvalue weighted by Crippen LogP contribution is -2.27. The van der Waals surface area contributed by atoms with Crippen LogP contribution < -0.4 is 10.5 Å². The molecule has 0 spiro atoms. The first-order chi connectivity index (χ1) is 9.69. The zero-order chi connectivity index (χ0) is 14.1. The van der Waals surface area contributed by atoms with Crippen molar-refractivity contribution >= 4 is 0 Å². The Balaban J connectivity index is 2.01. The van der Waals surface area contributed by atoms with Gasteiger partial charge in [0, 0.05) is 12.1 Å². The average Bonchev–Trinajstić information content (AvgIpc) is 2.83. The summed E-state index contributed by atoms with van der Waals surface area (Å²) in [5, 5.41) is 8.60. The van der Waals surface area contributed by atoms with Gasteiger partial charge in [-0.3, -0.25) is 0 Å². The van der Waals surface area contributed by atoms with Crippen LogP contribution in [0, 0.1) is 5.92 Å². The Morgan fingerprint density at radius 3 is 3.05 bits per heavy atom. The molecule has 2 heterocycles. The van der Waals surface area contributed by atoms with Gasteiger partial charge in [-0.1, -0.05) is 19.1 Å². The Hall–Kier alpha value is -1.88. The monoisotopic (exact) mass is 272 g/mol. The lowest BCUT2D eigenvalue weighted by molar-refractivity contribution is 0.340. The van der Waals surface area contributed by atoms with Gasteiger partial charge in [0.15, 0.2) is 5.82 Å². The fourth-order valence-electron chi connectivity index (χ4n) is 2.80. The largest absolute Gasteiger partial charge is 0.494 e. The summed E-state index contributed by atoms with van der Waals surface area (Å²) >= 11 is 0. The Morgan fingerprint density at radius 2 is 2.25 bits per heavy atom. The number of nitrogens with zero attached hydrogens (tertiary/aromatic N) is 3. The van der Waals surface area contributed by atoms with Crippen molar-refractivity contribution in [2.75, 3.05) is 6.61 Å². The van der Waals surface area contributed by atoms with Gasteiger partial charge < -0.3 is 15.0 Å². The molecule has 0 aliphatic carbocycles. The van der Waals surface area contributed by atoms with Crippen molar-refractivity contribution in [3.05, 3.63) is 30.1 Å². The molecule has 106 valence electrons. The molecule has 5 heteroatoms. The zero-order valence-corrected chi connectivity index (χ0v) is 11.9. The van der Waals surface area contributed by atoms with Gasteiger partial charge in [0.05, 0.1) is 12.6 Å². The molecule has 1 aliphatic rings. The third-order valence-corrected chi connectivity index (χ3v) is 3.66. The highest BCUT2D eigenvalue weighted by Crippen LogP contribution is 2.31. The molecule has 2 aromatic rings. The van der Waals surface area contributed by atoms with E-state index in [9.17, 15) is 0 Å². The Labute approximate surface area is 118 Å². The number of fused-ring (bicyclic) bond motifs is 1. The summed E-state index contributed by atoms with van der Waals surface area (Å²) < 4.78 is 7.69. The van der Waals surface area contributed by atoms with Gasteiger partial charge in [-0.15, -0.1) is 10.2 Å². The molecule has 2 unspecified atom stereocenters. The topological polar surface area (TPSA) is 66.0 Å². The summed E-state index contributed by atoms with van der Waals surface area (Å²) in [4.78, 5) is 0. The summed E-state index contributed by atoms with van der Waals surface area (Å²) in [5.41, 5.74) is 7.18. The summed E-state index contributed by atoms with van der Waals surface area (Å²) in [7, 11) is 0. The predicted octanol–water partition coefficient (Wildman–Crippen LogP) is 2.38. The van der Waals surface area contributed by atoms with Crippen LogP contribution in [0.5, 0.6) is 5.75 Å². The van der Waals surface area contributed by atoms with Gasteiger partial charge in [0.25, 0.3) is 0 Å². The van der Waals surface area contributed by atoms with Crippen molar-refractivity contribution in [1.29, 1.82) is 0 Å². The molecule has 0 saturated carbocycles. The highest BCUT2D eigenvalue weighted by atomic mass is 16.5. The molecular formula is C15H20N4O. The normalized spacial score (nSPS) is 21.6. The van der Waals surface area contributed by atoms with Crippen LogP contribution in [0.25, 0.3) is 11.4 Å². The molecule has 1 aromatic carbocycles. The minimum Gasteiger partial charge on any atom is -0.494 e. The van der Waals surface area contributed by atoms with E-state index in [1.54, 1.807) is 0 Å². The molecule has 20 heavy (non-hydrogen) atoms. The minimum absolute atomic E-state index is 0.0184.